The highest BCUT2D eigenvalue weighted by Crippen LogP contribution is 2.25. The number of carbonyl (C=O) groups is 1. The number of rotatable bonds is 9. The molecule has 0 aliphatic carbocycles. The van der Waals surface area contributed by atoms with E-state index in [1.165, 1.54) is 19.2 Å². The van der Waals surface area contributed by atoms with Crippen molar-refractivity contribution in [2.45, 2.75) is 11.4 Å². The zero-order valence-corrected chi connectivity index (χ0v) is 18.1. The van der Waals surface area contributed by atoms with Crippen LogP contribution < -0.4 is 19.1 Å². The maximum Gasteiger partial charge on any atom is 0.264 e. The predicted molar refractivity (Wildman–Crippen MR) is 119 cm³/mol. The zero-order valence-electron chi connectivity index (χ0n) is 17.3. The molecule has 162 valence electrons. The number of carbonyl (C=O) groups excluding carboxylic acids is 1. The number of benzene rings is 3. The molecule has 7 nitrogen and oxygen atoms in total. The second-order valence-corrected chi connectivity index (χ2v) is 8.51. The fourth-order valence-electron chi connectivity index (χ4n) is 2.91. The Morgan fingerprint density at radius 3 is 1.94 bits per heavy atom. The molecule has 0 heterocycles. The first-order valence-corrected chi connectivity index (χ1v) is 11.0. The number of methoxy groups -OCH3 is 2. The molecule has 0 fully saturated rings. The molecule has 31 heavy (non-hydrogen) atoms. The first kappa shape index (κ1) is 22.2. The highest BCUT2D eigenvalue weighted by Gasteiger charge is 2.27. The highest BCUT2D eigenvalue weighted by atomic mass is 32.2. The van der Waals surface area contributed by atoms with Crippen molar-refractivity contribution in [2.75, 3.05) is 25.1 Å². The standard InChI is InChI=1S/C23H24N2O5S/c1-29-20-12-8-18(9-13-20)16-24-23(26)17-25(19-10-14-21(30-2)15-11-19)31(27,28)22-6-4-3-5-7-22/h3-15H,16-17H2,1-2H3,(H,24,26). The van der Waals surface area contributed by atoms with Crippen LogP contribution >= 0.6 is 0 Å². The van der Waals surface area contributed by atoms with Crippen LogP contribution in [0.1, 0.15) is 5.56 Å². The lowest BCUT2D eigenvalue weighted by molar-refractivity contribution is -0.119. The van der Waals surface area contributed by atoms with E-state index in [2.05, 4.69) is 5.32 Å². The Morgan fingerprint density at radius 1 is 0.839 bits per heavy atom. The summed E-state index contributed by atoms with van der Waals surface area (Å²) in [6.45, 7) is -0.0929. The Morgan fingerprint density at radius 2 is 1.39 bits per heavy atom. The van der Waals surface area contributed by atoms with Crippen LogP contribution in [0.3, 0.4) is 0 Å². The molecule has 1 amide bonds. The molecule has 1 N–H and O–H groups in total. The quantitative estimate of drug-likeness (QED) is 0.552. The number of sulfonamides is 1. The summed E-state index contributed by atoms with van der Waals surface area (Å²) in [4.78, 5) is 12.8. The van der Waals surface area contributed by atoms with E-state index < -0.39 is 15.9 Å². The van der Waals surface area contributed by atoms with Gasteiger partial charge in [-0.25, -0.2) is 8.42 Å². The summed E-state index contributed by atoms with van der Waals surface area (Å²) in [5.41, 5.74) is 1.24. The minimum absolute atomic E-state index is 0.105. The summed E-state index contributed by atoms with van der Waals surface area (Å²) in [6, 6.07) is 21.8. The van der Waals surface area contributed by atoms with Crippen LogP contribution in [-0.2, 0) is 21.4 Å². The van der Waals surface area contributed by atoms with E-state index in [1.54, 1.807) is 61.7 Å². The monoisotopic (exact) mass is 440 g/mol. The summed E-state index contributed by atoms with van der Waals surface area (Å²) < 4.78 is 37.9. The second-order valence-electron chi connectivity index (χ2n) is 6.65. The first-order chi connectivity index (χ1) is 14.9. The van der Waals surface area contributed by atoms with Gasteiger partial charge in [-0.05, 0) is 54.1 Å². The molecule has 0 spiro atoms. The van der Waals surface area contributed by atoms with E-state index in [4.69, 9.17) is 9.47 Å². The minimum Gasteiger partial charge on any atom is -0.497 e. The van der Waals surface area contributed by atoms with E-state index in [1.807, 2.05) is 12.1 Å². The van der Waals surface area contributed by atoms with Crippen LogP contribution in [0.15, 0.2) is 83.8 Å². The zero-order chi connectivity index (χ0) is 22.3. The number of nitrogens with zero attached hydrogens (tertiary/aromatic N) is 1. The van der Waals surface area contributed by atoms with E-state index in [0.717, 1.165) is 15.6 Å². The molecule has 0 saturated heterocycles. The topological polar surface area (TPSA) is 84.9 Å². The Kier molecular flexibility index (Phi) is 7.15. The van der Waals surface area contributed by atoms with Crippen LogP contribution in [0, 0.1) is 0 Å². The summed E-state index contributed by atoms with van der Waals surface area (Å²) >= 11 is 0. The molecule has 0 atom stereocenters. The lowest BCUT2D eigenvalue weighted by Crippen LogP contribution is -2.40. The number of hydrogen-bond donors (Lipinski definition) is 1. The third-order valence-corrected chi connectivity index (χ3v) is 6.42. The van der Waals surface area contributed by atoms with Crippen molar-refractivity contribution in [1.29, 1.82) is 0 Å². The van der Waals surface area contributed by atoms with Gasteiger partial charge in [-0.15, -0.1) is 0 Å². The molecule has 0 aliphatic heterocycles. The maximum absolute atomic E-state index is 13.3. The highest BCUT2D eigenvalue weighted by molar-refractivity contribution is 7.92. The smallest absolute Gasteiger partial charge is 0.264 e. The van der Waals surface area contributed by atoms with Gasteiger partial charge in [0.2, 0.25) is 5.91 Å². The third kappa shape index (κ3) is 5.55. The lowest BCUT2D eigenvalue weighted by atomic mass is 10.2. The fraction of sp³-hybridized carbons (Fsp3) is 0.174. The molecule has 3 aromatic carbocycles. The maximum atomic E-state index is 13.3. The van der Waals surface area contributed by atoms with Gasteiger partial charge in [-0.3, -0.25) is 9.10 Å². The van der Waals surface area contributed by atoms with E-state index >= 15 is 0 Å². The second kappa shape index (κ2) is 9.99. The first-order valence-electron chi connectivity index (χ1n) is 9.55. The van der Waals surface area contributed by atoms with Crippen LogP contribution in [0.4, 0.5) is 5.69 Å². The lowest BCUT2D eigenvalue weighted by Gasteiger charge is -2.24. The van der Waals surface area contributed by atoms with Crippen LogP contribution in [0.25, 0.3) is 0 Å². The van der Waals surface area contributed by atoms with Gasteiger partial charge in [-0.2, -0.15) is 0 Å². The molecule has 0 saturated carbocycles. The van der Waals surface area contributed by atoms with Crippen molar-refractivity contribution < 1.29 is 22.7 Å². The van der Waals surface area contributed by atoms with Crippen molar-refractivity contribution in [3.8, 4) is 11.5 Å². The van der Waals surface area contributed by atoms with Crippen LogP contribution in [0.2, 0.25) is 0 Å². The largest absolute Gasteiger partial charge is 0.497 e. The minimum atomic E-state index is -3.95. The number of nitrogens with one attached hydrogen (secondary N) is 1. The average Bonchev–Trinajstić information content (AvgIpc) is 2.82. The molecular formula is C23H24N2O5S. The van der Waals surface area contributed by atoms with Crippen molar-refractivity contribution in [3.05, 3.63) is 84.4 Å². The van der Waals surface area contributed by atoms with Gasteiger partial charge < -0.3 is 14.8 Å². The number of anilines is 1. The molecule has 3 aromatic rings. The Labute approximate surface area is 182 Å². The fourth-order valence-corrected chi connectivity index (χ4v) is 4.36. The van der Waals surface area contributed by atoms with Crippen molar-refractivity contribution in [3.63, 3.8) is 0 Å². The third-order valence-electron chi connectivity index (χ3n) is 4.63. The van der Waals surface area contributed by atoms with E-state index in [-0.39, 0.29) is 18.0 Å². The van der Waals surface area contributed by atoms with Crippen molar-refractivity contribution >= 4 is 21.6 Å². The molecule has 8 heteroatoms. The molecule has 0 aliphatic rings. The Hall–Kier alpha value is -3.52. The summed E-state index contributed by atoms with van der Waals surface area (Å²) in [6.07, 6.45) is 0. The summed E-state index contributed by atoms with van der Waals surface area (Å²) in [5.74, 6) is 0.880. The molecule has 0 unspecified atom stereocenters. The average molecular weight is 441 g/mol. The van der Waals surface area contributed by atoms with Crippen LogP contribution in [0.5, 0.6) is 11.5 Å². The molecular weight excluding hydrogens is 416 g/mol. The van der Waals surface area contributed by atoms with Crippen molar-refractivity contribution in [1.82, 2.24) is 5.32 Å². The molecule has 3 rings (SSSR count). The van der Waals surface area contributed by atoms with Crippen molar-refractivity contribution in [2.24, 2.45) is 0 Å². The van der Waals surface area contributed by atoms with E-state index in [9.17, 15) is 13.2 Å². The predicted octanol–water partition coefficient (Wildman–Crippen LogP) is 3.22. The number of ether oxygens (including phenoxy) is 2. The number of amides is 1. The summed E-state index contributed by atoms with van der Waals surface area (Å²) in [7, 11) is -0.837. The van der Waals surface area contributed by atoms with Gasteiger partial charge in [0.15, 0.2) is 0 Å². The van der Waals surface area contributed by atoms with E-state index in [0.29, 0.717) is 11.4 Å². The van der Waals surface area contributed by atoms with Gasteiger partial charge in [0.25, 0.3) is 10.0 Å². The Bertz CT molecular complexity index is 1100. The SMILES string of the molecule is COc1ccc(CNC(=O)CN(c2ccc(OC)cc2)S(=O)(=O)c2ccccc2)cc1. The molecule has 0 bridgehead atoms. The molecule has 0 aromatic heterocycles. The van der Waals surface area contributed by atoms with Gasteiger partial charge in [0.1, 0.15) is 18.0 Å². The van der Waals surface area contributed by atoms with Gasteiger partial charge in [0.05, 0.1) is 24.8 Å². The van der Waals surface area contributed by atoms with Gasteiger partial charge in [0, 0.05) is 6.54 Å². The summed E-state index contributed by atoms with van der Waals surface area (Å²) in [5, 5.41) is 2.77. The van der Waals surface area contributed by atoms with Gasteiger partial charge in [-0.1, -0.05) is 30.3 Å². The van der Waals surface area contributed by atoms with Crippen LogP contribution in [-0.4, -0.2) is 35.1 Å². The normalized spacial score (nSPS) is 10.9. The molecule has 0 radical (unpaired) electrons. The van der Waals surface area contributed by atoms with Gasteiger partial charge >= 0.3 is 0 Å². The number of hydrogen-bond acceptors (Lipinski definition) is 5. The Balaban J connectivity index is 1.80.